The van der Waals surface area contributed by atoms with E-state index in [9.17, 15) is 27.6 Å². The molecule has 5 nitrogen and oxygen atoms in total. The first-order valence-corrected chi connectivity index (χ1v) is 4.20. The van der Waals surface area contributed by atoms with Crippen LogP contribution in [0.15, 0.2) is 0 Å². The highest BCUT2D eigenvalue weighted by Gasteiger charge is 2.45. The fraction of sp³-hybridized carbons (Fsp3) is 0.625. The van der Waals surface area contributed by atoms with Crippen molar-refractivity contribution < 1.29 is 32.7 Å². The molecule has 8 heteroatoms. The second-order valence-electron chi connectivity index (χ2n) is 3.07. The number of carbonyl (C=O) groups is 3. The third-order valence-corrected chi connectivity index (χ3v) is 1.67. The molecule has 2 N–H and O–H groups in total. The van der Waals surface area contributed by atoms with Crippen LogP contribution in [0.1, 0.15) is 13.3 Å². The summed E-state index contributed by atoms with van der Waals surface area (Å²) in [6, 6.07) is 0. The summed E-state index contributed by atoms with van der Waals surface area (Å²) >= 11 is 0. The van der Waals surface area contributed by atoms with Crippen LogP contribution in [0.3, 0.4) is 0 Å². The van der Waals surface area contributed by atoms with E-state index in [2.05, 4.69) is 0 Å². The Bertz CT molecular complexity index is 300. The number of carboxylic acid groups (broad SMARTS) is 1. The first-order chi connectivity index (χ1) is 7.14. The molecular weight excluding hydrogens is 231 g/mol. The molecule has 1 unspecified atom stereocenters. The maximum Gasteiger partial charge on any atom is 0.399 e. The minimum Gasteiger partial charge on any atom is -0.481 e. The van der Waals surface area contributed by atoms with Crippen molar-refractivity contribution in [3.8, 4) is 0 Å². The lowest BCUT2D eigenvalue weighted by molar-refractivity contribution is -0.187. The van der Waals surface area contributed by atoms with E-state index in [0.29, 0.717) is 0 Å². The van der Waals surface area contributed by atoms with Crippen LogP contribution in [-0.4, -0.2) is 35.5 Å². The van der Waals surface area contributed by atoms with Crippen molar-refractivity contribution in [3.63, 3.8) is 0 Å². The summed E-state index contributed by atoms with van der Waals surface area (Å²) in [5.74, 6) is -6.34. The number of amides is 1. The molecule has 0 spiro atoms. The minimum absolute atomic E-state index is 0.662. The summed E-state index contributed by atoms with van der Waals surface area (Å²) in [4.78, 5) is 31.6. The largest absolute Gasteiger partial charge is 0.481 e. The zero-order chi connectivity index (χ0) is 12.9. The fourth-order valence-electron chi connectivity index (χ4n) is 0.922. The molecule has 0 aliphatic rings. The van der Waals surface area contributed by atoms with E-state index in [1.807, 2.05) is 5.32 Å². The molecule has 16 heavy (non-hydrogen) atoms. The Balaban J connectivity index is 4.57. The molecule has 92 valence electrons. The van der Waals surface area contributed by atoms with Gasteiger partial charge in [0.2, 0.25) is 5.91 Å². The standard InChI is InChI=1S/C8H10F3NO4/c1-4(13)12-3-6(14)5(2-7(15)16)8(9,10)11/h5H,2-3H2,1H3,(H,12,13)(H,15,16). The molecule has 1 amide bonds. The number of rotatable bonds is 5. The van der Waals surface area contributed by atoms with Crippen molar-refractivity contribution in [2.75, 3.05) is 6.54 Å². The Morgan fingerprint density at radius 1 is 1.31 bits per heavy atom. The van der Waals surface area contributed by atoms with E-state index >= 15 is 0 Å². The van der Waals surface area contributed by atoms with Crippen LogP contribution in [0.4, 0.5) is 13.2 Å². The van der Waals surface area contributed by atoms with Crippen molar-refractivity contribution in [3.05, 3.63) is 0 Å². The van der Waals surface area contributed by atoms with Gasteiger partial charge in [-0.25, -0.2) is 0 Å². The smallest absolute Gasteiger partial charge is 0.399 e. The highest BCUT2D eigenvalue weighted by atomic mass is 19.4. The number of carboxylic acids is 1. The molecule has 0 aromatic carbocycles. The van der Waals surface area contributed by atoms with Crippen LogP contribution >= 0.6 is 0 Å². The molecular formula is C8H10F3NO4. The van der Waals surface area contributed by atoms with Gasteiger partial charge >= 0.3 is 12.1 Å². The zero-order valence-corrected chi connectivity index (χ0v) is 8.30. The van der Waals surface area contributed by atoms with Gasteiger partial charge in [-0.05, 0) is 0 Å². The van der Waals surface area contributed by atoms with Gasteiger partial charge < -0.3 is 10.4 Å². The summed E-state index contributed by atoms with van der Waals surface area (Å²) in [5.41, 5.74) is 0. The number of aliphatic carboxylic acids is 1. The SMILES string of the molecule is CC(=O)NCC(=O)C(CC(=O)O)C(F)(F)F. The van der Waals surface area contributed by atoms with Gasteiger partial charge in [0.25, 0.3) is 0 Å². The van der Waals surface area contributed by atoms with Crippen LogP contribution in [0.25, 0.3) is 0 Å². The van der Waals surface area contributed by atoms with Crippen molar-refractivity contribution in [1.82, 2.24) is 5.32 Å². The van der Waals surface area contributed by atoms with Crippen molar-refractivity contribution in [1.29, 1.82) is 0 Å². The molecule has 0 bridgehead atoms. The Hall–Kier alpha value is -1.60. The normalized spacial score (nSPS) is 13.0. The molecule has 0 saturated heterocycles. The predicted octanol–water partition coefficient (Wildman–Crippen LogP) is 0.345. The van der Waals surface area contributed by atoms with E-state index in [0.717, 1.165) is 6.92 Å². The molecule has 1 atom stereocenters. The van der Waals surface area contributed by atoms with E-state index in [1.165, 1.54) is 0 Å². The van der Waals surface area contributed by atoms with Crippen LogP contribution in [0.5, 0.6) is 0 Å². The van der Waals surface area contributed by atoms with Gasteiger partial charge in [0.15, 0.2) is 5.78 Å². The average Bonchev–Trinajstić information content (AvgIpc) is 2.08. The summed E-state index contributed by atoms with van der Waals surface area (Å²) in [6.45, 7) is 0.208. The monoisotopic (exact) mass is 241 g/mol. The molecule has 0 aromatic heterocycles. The summed E-state index contributed by atoms with van der Waals surface area (Å²) < 4.78 is 36.8. The van der Waals surface area contributed by atoms with Gasteiger partial charge in [-0.1, -0.05) is 0 Å². The highest BCUT2D eigenvalue weighted by Crippen LogP contribution is 2.29. The summed E-state index contributed by atoms with van der Waals surface area (Å²) in [6.07, 6.45) is -6.25. The van der Waals surface area contributed by atoms with Crippen molar-refractivity contribution in [2.24, 2.45) is 5.92 Å². The zero-order valence-electron chi connectivity index (χ0n) is 8.30. The fourth-order valence-corrected chi connectivity index (χ4v) is 0.922. The van der Waals surface area contributed by atoms with Crippen molar-refractivity contribution in [2.45, 2.75) is 19.5 Å². The summed E-state index contributed by atoms with van der Waals surface area (Å²) in [5, 5.41) is 10.1. The third kappa shape index (κ3) is 5.32. The van der Waals surface area contributed by atoms with Crippen LogP contribution in [0, 0.1) is 5.92 Å². The van der Waals surface area contributed by atoms with Gasteiger partial charge in [0.1, 0.15) is 5.92 Å². The molecule has 0 heterocycles. The van der Waals surface area contributed by atoms with Gasteiger partial charge in [-0.2, -0.15) is 13.2 Å². The number of Topliss-reactive ketones (excluding diaryl/α,β-unsaturated/α-hetero) is 1. The second kappa shape index (κ2) is 5.47. The number of hydrogen-bond acceptors (Lipinski definition) is 3. The van der Waals surface area contributed by atoms with Crippen LogP contribution in [-0.2, 0) is 14.4 Å². The maximum atomic E-state index is 12.3. The van der Waals surface area contributed by atoms with Gasteiger partial charge in [0, 0.05) is 6.92 Å². The Morgan fingerprint density at radius 2 is 1.81 bits per heavy atom. The van der Waals surface area contributed by atoms with E-state index in [-0.39, 0.29) is 0 Å². The molecule has 0 aromatic rings. The number of nitrogens with one attached hydrogen (secondary N) is 1. The molecule has 0 radical (unpaired) electrons. The Morgan fingerprint density at radius 3 is 2.12 bits per heavy atom. The summed E-state index contributed by atoms with van der Waals surface area (Å²) in [7, 11) is 0. The first kappa shape index (κ1) is 14.4. The number of hydrogen-bond donors (Lipinski definition) is 2. The minimum atomic E-state index is -4.92. The first-order valence-electron chi connectivity index (χ1n) is 4.20. The molecule has 0 rings (SSSR count). The molecule has 0 aliphatic carbocycles. The van der Waals surface area contributed by atoms with Gasteiger partial charge in [0.05, 0.1) is 13.0 Å². The highest BCUT2D eigenvalue weighted by molar-refractivity contribution is 5.89. The van der Waals surface area contributed by atoms with E-state index in [4.69, 9.17) is 5.11 Å². The molecule has 0 aliphatic heterocycles. The number of alkyl halides is 3. The Kier molecular flexibility index (Phi) is 4.93. The van der Waals surface area contributed by atoms with Gasteiger partial charge in [-0.3, -0.25) is 14.4 Å². The average molecular weight is 241 g/mol. The lowest BCUT2D eigenvalue weighted by atomic mass is 9.99. The lowest BCUT2D eigenvalue weighted by Crippen LogP contribution is -2.39. The van der Waals surface area contributed by atoms with Crippen LogP contribution in [0.2, 0.25) is 0 Å². The second-order valence-corrected chi connectivity index (χ2v) is 3.07. The van der Waals surface area contributed by atoms with Crippen LogP contribution < -0.4 is 5.32 Å². The third-order valence-electron chi connectivity index (χ3n) is 1.67. The topological polar surface area (TPSA) is 83.5 Å². The lowest BCUT2D eigenvalue weighted by Gasteiger charge is -2.17. The number of ketones is 1. The number of halogens is 3. The molecule has 0 saturated carbocycles. The maximum absolute atomic E-state index is 12.3. The quantitative estimate of drug-likeness (QED) is 0.727. The van der Waals surface area contributed by atoms with Gasteiger partial charge in [-0.15, -0.1) is 0 Å². The van der Waals surface area contributed by atoms with Crippen molar-refractivity contribution >= 4 is 17.7 Å². The Labute approximate surface area is 88.6 Å². The molecule has 0 fully saturated rings. The van der Waals surface area contributed by atoms with E-state index in [1.54, 1.807) is 0 Å². The predicted molar refractivity (Wildman–Crippen MR) is 45.5 cm³/mol. The van der Waals surface area contributed by atoms with E-state index < -0.39 is 42.7 Å². The number of carbonyl (C=O) groups excluding carboxylic acids is 2.